The molecule has 8 heteroatoms. The van der Waals surface area contributed by atoms with Crippen LogP contribution >= 0.6 is 0 Å². The number of carbonyl (C=O) groups excluding carboxylic acids is 2. The Morgan fingerprint density at radius 1 is 1.04 bits per heavy atom. The molecule has 27 heavy (non-hydrogen) atoms. The summed E-state index contributed by atoms with van der Waals surface area (Å²) in [6.07, 6.45) is 0. The predicted octanol–water partition coefficient (Wildman–Crippen LogP) is 2.58. The molecule has 0 radical (unpaired) electrons. The highest BCUT2D eigenvalue weighted by Gasteiger charge is 2.09. The molecule has 0 spiro atoms. The lowest BCUT2D eigenvalue weighted by molar-refractivity contribution is 0.0951. The van der Waals surface area contributed by atoms with E-state index < -0.39 is 17.7 Å². The van der Waals surface area contributed by atoms with Crippen molar-refractivity contribution in [1.82, 2.24) is 15.5 Å². The molecule has 0 saturated carbocycles. The number of hydrogen-bond donors (Lipinski definition) is 3. The normalized spacial score (nSPS) is 10.6. The van der Waals surface area contributed by atoms with Gasteiger partial charge in [-0.15, -0.1) is 0 Å². The summed E-state index contributed by atoms with van der Waals surface area (Å²) in [6.45, 7) is 1.40. The van der Waals surface area contributed by atoms with Crippen LogP contribution in [-0.4, -0.2) is 44.0 Å². The number of rotatable bonds is 7. The number of halogens is 2. The van der Waals surface area contributed by atoms with Crippen molar-refractivity contribution in [2.45, 2.75) is 6.54 Å². The maximum absolute atomic E-state index is 13.5. The van der Waals surface area contributed by atoms with Gasteiger partial charge in [-0.2, -0.15) is 0 Å². The number of benzene rings is 2. The third-order valence-electron chi connectivity index (χ3n) is 3.67. The molecule has 144 valence electrons. The summed E-state index contributed by atoms with van der Waals surface area (Å²) in [5.41, 5.74) is 1.07. The van der Waals surface area contributed by atoms with Crippen molar-refractivity contribution >= 4 is 17.6 Å². The molecule has 0 aromatic heterocycles. The molecule has 0 aliphatic rings. The summed E-state index contributed by atoms with van der Waals surface area (Å²) in [4.78, 5) is 26.0. The zero-order chi connectivity index (χ0) is 19.8. The molecule has 0 aliphatic carbocycles. The molecule has 0 atom stereocenters. The van der Waals surface area contributed by atoms with Gasteiger partial charge in [0.1, 0.15) is 11.6 Å². The van der Waals surface area contributed by atoms with Crippen molar-refractivity contribution in [2.75, 3.05) is 32.5 Å². The predicted molar refractivity (Wildman–Crippen MR) is 99.5 cm³/mol. The molecule has 0 heterocycles. The smallest absolute Gasteiger partial charge is 0.319 e. The van der Waals surface area contributed by atoms with Crippen LogP contribution in [0.5, 0.6) is 0 Å². The number of nitrogens with zero attached hydrogens (tertiary/aromatic N) is 1. The van der Waals surface area contributed by atoms with Crippen molar-refractivity contribution in [1.29, 1.82) is 0 Å². The summed E-state index contributed by atoms with van der Waals surface area (Å²) in [6, 6.07) is 9.08. The maximum Gasteiger partial charge on any atom is 0.319 e. The van der Waals surface area contributed by atoms with Gasteiger partial charge in [0.25, 0.3) is 5.91 Å². The summed E-state index contributed by atoms with van der Waals surface area (Å²) in [5, 5.41) is 7.69. The lowest BCUT2D eigenvalue weighted by atomic mass is 10.1. The van der Waals surface area contributed by atoms with E-state index in [4.69, 9.17) is 0 Å². The number of nitrogens with one attached hydrogen (secondary N) is 3. The van der Waals surface area contributed by atoms with Crippen LogP contribution in [0.2, 0.25) is 0 Å². The van der Waals surface area contributed by atoms with Crippen LogP contribution in [0.4, 0.5) is 19.3 Å². The van der Waals surface area contributed by atoms with Crippen molar-refractivity contribution in [3.63, 3.8) is 0 Å². The topological polar surface area (TPSA) is 73.5 Å². The Morgan fingerprint density at radius 3 is 2.52 bits per heavy atom. The van der Waals surface area contributed by atoms with E-state index in [0.717, 1.165) is 18.7 Å². The molecule has 6 nitrogen and oxygen atoms in total. The number of anilines is 1. The number of hydrogen-bond acceptors (Lipinski definition) is 3. The number of amides is 3. The minimum Gasteiger partial charge on any atom is -0.351 e. The van der Waals surface area contributed by atoms with Crippen LogP contribution in [0.1, 0.15) is 15.9 Å². The Kier molecular flexibility index (Phi) is 7.25. The Bertz CT molecular complexity index is 812. The lowest BCUT2D eigenvalue weighted by Gasteiger charge is -2.11. The van der Waals surface area contributed by atoms with Crippen molar-refractivity contribution in [2.24, 2.45) is 0 Å². The first-order valence-electron chi connectivity index (χ1n) is 8.37. The van der Waals surface area contributed by atoms with Crippen molar-refractivity contribution < 1.29 is 18.4 Å². The van der Waals surface area contributed by atoms with Gasteiger partial charge in [-0.05, 0) is 43.9 Å². The largest absolute Gasteiger partial charge is 0.351 e. The van der Waals surface area contributed by atoms with Gasteiger partial charge in [0.05, 0.1) is 5.69 Å². The van der Waals surface area contributed by atoms with E-state index in [0.29, 0.717) is 23.7 Å². The van der Waals surface area contributed by atoms with Gasteiger partial charge < -0.3 is 20.9 Å². The first kappa shape index (κ1) is 20.3. The van der Waals surface area contributed by atoms with E-state index in [-0.39, 0.29) is 18.1 Å². The fourth-order valence-corrected chi connectivity index (χ4v) is 2.26. The Hall–Kier alpha value is -3.00. The van der Waals surface area contributed by atoms with Crippen LogP contribution in [-0.2, 0) is 6.54 Å². The van der Waals surface area contributed by atoms with Gasteiger partial charge in [0.2, 0.25) is 0 Å². The molecular weight excluding hydrogens is 354 g/mol. The van der Waals surface area contributed by atoms with Gasteiger partial charge >= 0.3 is 6.03 Å². The average Bonchev–Trinajstić information content (AvgIpc) is 2.62. The maximum atomic E-state index is 13.5. The Labute approximate surface area is 156 Å². The highest BCUT2D eigenvalue weighted by molar-refractivity contribution is 5.94. The van der Waals surface area contributed by atoms with E-state index in [2.05, 4.69) is 16.0 Å². The van der Waals surface area contributed by atoms with Gasteiger partial charge in [-0.3, -0.25) is 4.79 Å². The minimum atomic E-state index is -0.860. The fraction of sp³-hybridized carbons (Fsp3) is 0.263. The summed E-state index contributed by atoms with van der Waals surface area (Å²) >= 11 is 0. The van der Waals surface area contributed by atoms with E-state index in [1.807, 2.05) is 19.0 Å². The van der Waals surface area contributed by atoms with Crippen LogP contribution in [0.15, 0.2) is 42.5 Å². The highest BCUT2D eigenvalue weighted by Crippen LogP contribution is 2.14. The molecule has 2 rings (SSSR count). The highest BCUT2D eigenvalue weighted by atomic mass is 19.1. The summed E-state index contributed by atoms with van der Waals surface area (Å²) in [7, 11) is 3.84. The molecule has 2 aromatic rings. The number of carbonyl (C=O) groups is 2. The van der Waals surface area contributed by atoms with Crippen molar-refractivity contribution in [3.05, 3.63) is 65.2 Å². The lowest BCUT2D eigenvalue weighted by Crippen LogP contribution is -2.31. The molecule has 0 aliphatic heterocycles. The van der Waals surface area contributed by atoms with Gasteiger partial charge in [0.15, 0.2) is 0 Å². The third-order valence-corrected chi connectivity index (χ3v) is 3.67. The second-order valence-corrected chi connectivity index (χ2v) is 6.19. The quantitative estimate of drug-likeness (QED) is 0.695. The third kappa shape index (κ3) is 6.67. The van der Waals surface area contributed by atoms with Crippen LogP contribution in [0.3, 0.4) is 0 Å². The van der Waals surface area contributed by atoms with E-state index in [1.54, 1.807) is 24.3 Å². The zero-order valence-corrected chi connectivity index (χ0v) is 15.2. The summed E-state index contributed by atoms with van der Waals surface area (Å²) < 4.78 is 26.4. The molecule has 3 amide bonds. The molecule has 0 fully saturated rings. The average molecular weight is 376 g/mol. The van der Waals surface area contributed by atoms with Gasteiger partial charge in [-0.1, -0.05) is 12.1 Å². The number of urea groups is 1. The first-order valence-corrected chi connectivity index (χ1v) is 8.37. The van der Waals surface area contributed by atoms with E-state index in [1.165, 1.54) is 0 Å². The number of likely N-dealkylation sites (N-methyl/N-ethyl adjacent to an activating group) is 1. The monoisotopic (exact) mass is 376 g/mol. The molecular formula is C19H22F2N4O2. The second-order valence-electron chi connectivity index (χ2n) is 6.19. The molecule has 0 unspecified atom stereocenters. The minimum absolute atomic E-state index is 0.122. The molecule has 0 saturated heterocycles. The van der Waals surface area contributed by atoms with Gasteiger partial charge in [-0.25, -0.2) is 13.6 Å². The van der Waals surface area contributed by atoms with E-state index in [9.17, 15) is 18.4 Å². The van der Waals surface area contributed by atoms with Gasteiger partial charge in [0, 0.05) is 31.3 Å². The zero-order valence-electron chi connectivity index (χ0n) is 15.2. The standard InChI is InChI=1S/C19H22F2N4O2/c1-25(2)9-8-22-18(26)14-5-3-4-13(10-14)12-23-19(27)24-17-7-6-15(20)11-16(17)21/h3-7,10-11H,8-9,12H2,1-2H3,(H,22,26)(H2,23,24,27). The SMILES string of the molecule is CN(C)CCNC(=O)c1cccc(CNC(=O)Nc2ccc(F)cc2F)c1. The fourth-order valence-electron chi connectivity index (χ4n) is 2.26. The van der Waals surface area contributed by atoms with E-state index >= 15 is 0 Å². The first-order chi connectivity index (χ1) is 12.8. The second kappa shape index (κ2) is 9.63. The molecule has 2 aromatic carbocycles. The molecule has 3 N–H and O–H groups in total. The Morgan fingerprint density at radius 2 is 1.81 bits per heavy atom. The van der Waals surface area contributed by atoms with Crippen LogP contribution < -0.4 is 16.0 Å². The van der Waals surface area contributed by atoms with Crippen LogP contribution in [0.25, 0.3) is 0 Å². The summed E-state index contributed by atoms with van der Waals surface area (Å²) in [5.74, 6) is -1.78. The van der Waals surface area contributed by atoms with Crippen LogP contribution in [0, 0.1) is 11.6 Å². The van der Waals surface area contributed by atoms with Crippen molar-refractivity contribution in [3.8, 4) is 0 Å². The molecule has 0 bridgehead atoms. The Balaban J connectivity index is 1.88.